The van der Waals surface area contributed by atoms with Gasteiger partial charge in [0.2, 0.25) is 0 Å². The summed E-state index contributed by atoms with van der Waals surface area (Å²) in [6.45, 7) is 5.51. The van der Waals surface area contributed by atoms with Gasteiger partial charge >= 0.3 is 0 Å². The lowest BCUT2D eigenvalue weighted by Crippen LogP contribution is -2.35. The minimum absolute atomic E-state index is 0.111. The monoisotopic (exact) mass is 396 g/mol. The van der Waals surface area contributed by atoms with Gasteiger partial charge in [0.25, 0.3) is 5.91 Å². The third kappa shape index (κ3) is 3.71. The number of nitrogens with zero attached hydrogens (tertiary/aromatic N) is 3. The molecular formula is C21H24N4O2S. The van der Waals surface area contributed by atoms with Crippen molar-refractivity contribution in [3.8, 4) is 10.6 Å². The zero-order chi connectivity index (χ0) is 19.7. The molecule has 0 bridgehead atoms. The summed E-state index contributed by atoms with van der Waals surface area (Å²) in [6, 6.07) is 3.83. The number of aromatic nitrogens is 3. The number of H-pyrrole nitrogens is 1. The van der Waals surface area contributed by atoms with E-state index >= 15 is 0 Å². The molecule has 1 aliphatic rings. The molecule has 7 heteroatoms. The van der Waals surface area contributed by atoms with Crippen LogP contribution < -0.4 is 0 Å². The molecule has 1 aliphatic heterocycles. The van der Waals surface area contributed by atoms with Crippen LogP contribution in [0.1, 0.15) is 48.3 Å². The van der Waals surface area contributed by atoms with Crippen molar-refractivity contribution in [2.75, 3.05) is 13.1 Å². The number of aldehydes is 1. The van der Waals surface area contributed by atoms with E-state index in [1.165, 1.54) is 17.8 Å². The lowest BCUT2D eigenvalue weighted by atomic mass is 9.88. The van der Waals surface area contributed by atoms with Crippen LogP contribution in [0.5, 0.6) is 0 Å². The molecule has 1 fully saturated rings. The van der Waals surface area contributed by atoms with E-state index in [1.54, 1.807) is 6.20 Å². The molecule has 146 valence electrons. The van der Waals surface area contributed by atoms with Gasteiger partial charge in [0, 0.05) is 24.7 Å². The number of carbonyl (C=O) groups excluding carboxylic acids is 2. The standard InChI is InChI=1S/C21H24N4O2S/c1-21(2,13-26)10-14-11-22-19-18(14)24-15(12-23-19)16-6-7-17(28-16)20(27)25-8-4-3-5-9-25/h6-7,11-13H,3-5,8-10H2,1-2H3,(H,22,23). The highest BCUT2D eigenvalue weighted by molar-refractivity contribution is 7.17. The molecule has 0 atom stereocenters. The highest BCUT2D eigenvalue weighted by Gasteiger charge is 2.22. The Morgan fingerprint density at radius 3 is 2.82 bits per heavy atom. The largest absolute Gasteiger partial charge is 0.345 e. The fraction of sp³-hybridized carbons (Fsp3) is 0.429. The molecule has 3 aromatic heterocycles. The molecule has 28 heavy (non-hydrogen) atoms. The van der Waals surface area contributed by atoms with E-state index in [-0.39, 0.29) is 5.91 Å². The summed E-state index contributed by atoms with van der Waals surface area (Å²) < 4.78 is 0. The maximum Gasteiger partial charge on any atom is 0.263 e. The van der Waals surface area contributed by atoms with Gasteiger partial charge in [-0.15, -0.1) is 11.3 Å². The second-order valence-electron chi connectivity index (χ2n) is 8.07. The van der Waals surface area contributed by atoms with Crippen LogP contribution in [0.4, 0.5) is 0 Å². The Kier molecular flexibility index (Phi) is 5.02. The van der Waals surface area contributed by atoms with Gasteiger partial charge in [-0.05, 0) is 43.4 Å². The van der Waals surface area contributed by atoms with E-state index in [9.17, 15) is 9.59 Å². The number of thiophene rings is 1. The van der Waals surface area contributed by atoms with Crippen LogP contribution in [0.3, 0.4) is 0 Å². The highest BCUT2D eigenvalue weighted by atomic mass is 32.1. The van der Waals surface area contributed by atoms with Crippen LogP contribution in [-0.4, -0.2) is 45.1 Å². The molecule has 4 rings (SSSR count). The Morgan fingerprint density at radius 2 is 2.07 bits per heavy atom. The maximum atomic E-state index is 12.7. The minimum atomic E-state index is -0.455. The van der Waals surface area contributed by atoms with Gasteiger partial charge in [-0.1, -0.05) is 13.8 Å². The summed E-state index contributed by atoms with van der Waals surface area (Å²) in [5.74, 6) is 0.111. The first-order valence-electron chi connectivity index (χ1n) is 9.66. The van der Waals surface area contributed by atoms with Crippen molar-refractivity contribution in [2.24, 2.45) is 5.41 Å². The summed E-state index contributed by atoms with van der Waals surface area (Å²) >= 11 is 1.46. The number of amides is 1. The van der Waals surface area contributed by atoms with Crippen molar-refractivity contribution in [3.63, 3.8) is 0 Å². The minimum Gasteiger partial charge on any atom is -0.345 e. The first-order chi connectivity index (χ1) is 13.5. The van der Waals surface area contributed by atoms with Crippen LogP contribution in [0, 0.1) is 5.41 Å². The summed E-state index contributed by atoms with van der Waals surface area (Å²) in [5, 5.41) is 0. The van der Waals surface area contributed by atoms with E-state index in [1.807, 2.05) is 37.1 Å². The predicted octanol–water partition coefficient (Wildman–Crippen LogP) is 4.08. The number of carbonyl (C=O) groups is 2. The summed E-state index contributed by atoms with van der Waals surface area (Å²) in [6.07, 6.45) is 8.54. The molecular weight excluding hydrogens is 372 g/mol. The van der Waals surface area contributed by atoms with Crippen molar-refractivity contribution in [1.29, 1.82) is 0 Å². The Morgan fingerprint density at radius 1 is 1.29 bits per heavy atom. The lowest BCUT2D eigenvalue weighted by molar-refractivity contribution is -0.114. The van der Waals surface area contributed by atoms with Gasteiger partial charge in [0.15, 0.2) is 5.65 Å². The Hall–Kier alpha value is -2.54. The Balaban J connectivity index is 1.61. The van der Waals surface area contributed by atoms with Gasteiger partial charge in [-0.3, -0.25) is 4.79 Å². The van der Waals surface area contributed by atoms with E-state index in [4.69, 9.17) is 4.98 Å². The van der Waals surface area contributed by atoms with E-state index in [0.717, 1.165) is 58.7 Å². The summed E-state index contributed by atoms with van der Waals surface area (Å²) in [4.78, 5) is 40.0. The maximum absolute atomic E-state index is 12.7. The molecule has 0 unspecified atom stereocenters. The highest BCUT2D eigenvalue weighted by Crippen LogP contribution is 2.30. The van der Waals surface area contributed by atoms with Crippen LogP contribution >= 0.6 is 11.3 Å². The smallest absolute Gasteiger partial charge is 0.263 e. The zero-order valence-corrected chi connectivity index (χ0v) is 17.0. The summed E-state index contributed by atoms with van der Waals surface area (Å²) in [7, 11) is 0. The summed E-state index contributed by atoms with van der Waals surface area (Å²) in [5.41, 5.74) is 2.76. The molecule has 1 amide bonds. The van der Waals surface area contributed by atoms with Crippen molar-refractivity contribution < 1.29 is 9.59 Å². The first-order valence-corrected chi connectivity index (χ1v) is 10.5. The molecule has 1 N–H and O–H groups in total. The molecule has 0 aromatic carbocycles. The van der Waals surface area contributed by atoms with Gasteiger partial charge in [0.1, 0.15) is 11.8 Å². The van der Waals surface area contributed by atoms with E-state index < -0.39 is 5.41 Å². The van der Waals surface area contributed by atoms with Crippen LogP contribution in [0.2, 0.25) is 0 Å². The average Bonchev–Trinajstić information content (AvgIpc) is 3.35. The second-order valence-corrected chi connectivity index (χ2v) is 9.15. The van der Waals surface area contributed by atoms with E-state index in [2.05, 4.69) is 9.97 Å². The Bertz CT molecular complexity index is 1010. The van der Waals surface area contributed by atoms with Gasteiger partial charge in [0.05, 0.1) is 21.6 Å². The molecule has 0 radical (unpaired) electrons. The van der Waals surface area contributed by atoms with Crippen molar-refractivity contribution >= 4 is 34.7 Å². The van der Waals surface area contributed by atoms with Gasteiger partial charge in [-0.25, -0.2) is 9.97 Å². The molecule has 3 aromatic rings. The third-order valence-corrected chi connectivity index (χ3v) is 6.23. The van der Waals surface area contributed by atoms with Gasteiger partial charge < -0.3 is 14.7 Å². The lowest BCUT2D eigenvalue weighted by Gasteiger charge is -2.26. The molecule has 0 aliphatic carbocycles. The van der Waals surface area contributed by atoms with Crippen molar-refractivity contribution in [2.45, 2.75) is 39.5 Å². The number of fused-ring (bicyclic) bond motifs is 1. The number of hydrogen-bond donors (Lipinski definition) is 1. The molecule has 0 saturated carbocycles. The first kappa shape index (κ1) is 18.8. The van der Waals surface area contributed by atoms with Crippen molar-refractivity contribution in [1.82, 2.24) is 19.9 Å². The number of piperidine rings is 1. The van der Waals surface area contributed by atoms with Gasteiger partial charge in [-0.2, -0.15) is 0 Å². The van der Waals surface area contributed by atoms with Crippen molar-refractivity contribution in [3.05, 3.63) is 35.0 Å². The van der Waals surface area contributed by atoms with Crippen LogP contribution in [0.25, 0.3) is 21.7 Å². The number of nitrogens with one attached hydrogen (secondary N) is 1. The van der Waals surface area contributed by atoms with E-state index in [0.29, 0.717) is 12.1 Å². The number of likely N-dealkylation sites (tertiary alicyclic amines) is 1. The molecule has 0 spiro atoms. The SMILES string of the molecule is CC(C)(C=O)Cc1c[nH]c2ncc(-c3ccc(C(=O)N4CCCCC4)s3)nc12. The number of rotatable bonds is 5. The molecule has 4 heterocycles. The average molecular weight is 397 g/mol. The predicted molar refractivity (Wildman–Crippen MR) is 111 cm³/mol. The van der Waals surface area contributed by atoms with Crippen LogP contribution in [0.15, 0.2) is 24.5 Å². The number of hydrogen-bond acceptors (Lipinski definition) is 5. The molecule has 1 saturated heterocycles. The topological polar surface area (TPSA) is 79.0 Å². The fourth-order valence-corrected chi connectivity index (χ4v) is 4.50. The third-order valence-electron chi connectivity index (χ3n) is 5.14. The number of aromatic amines is 1. The Labute approximate surface area is 168 Å². The molecule has 6 nitrogen and oxygen atoms in total. The normalized spacial score (nSPS) is 15.1. The fourth-order valence-electron chi connectivity index (χ4n) is 3.57. The quantitative estimate of drug-likeness (QED) is 0.659. The second kappa shape index (κ2) is 7.47. The zero-order valence-electron chi connectivity index (χ0n) is 16.2. The van der Waals surface area contributed by atoms with Crippen LogP contribution in [-0.2, 0) is 11.2 Å².